The number of esters is 1. The van der Waals surface area contributed by atoms with Gasteiger partial charge in [-0.25, -0.2) is 0 Å². The van der Waals surface area contributed by atoms with Crippen molar-refractivity contribution >= 4 is 11.8 Å². The van der Waals surface area contributed by atoms with E-state index in [0.29, 0.717) is 6.42 Å². The molecular weight excluding hydrogens is 228 g/mol. The summed E-state index contributed by atoms with van der Waals surface area (Å²) in [6.45, 7) is 2.03. The molecule has 1 aromatic rings. The maximum atomic E-state index is 12.0. The number of carbonyl (C=O) groups excluding carboxylic acids is 2. The van der Waals surface area contributed by atoms with Crippen LogP contribution in [-0.4, -0.2) is 17.9 Å². The molecule has 0 aromatic heterocycles. The van der Waals surface area contributed by atoms with Crippen molar-refractivity contribution in [2.45, 2.75) is 38.7 Å². The zero-order valence-corrected chi connectivity index (χ0v) is 10.6. The van der Waals surface area contributed by atoms with Gasteiger partial charge in [0.15, 0.2) is 5.78 Å². The smallest absolute Gasteiger partial charge is 0.313 e. The Morgan fingerprint density at radius 1 is 1.22 bits per heavy atom. The molecule has 0 N–H and O–H groups in total. The Kier molecular flexibility index (Phi) is 4.13. The largest absolute Gasteiger partial charge is 0.461 e. The summed E-state index contributed by atoms with van der Waals surface area (Å²) in [6.07, 6.45) is 2.02. The van der Waals surface area contributed by atoms with Crippen molar-refractivity contribution in [1.82, 2.24) is 0 Å². The number of Topliss-reactive ketones (excluding diaryl/α,β-unsaturated/α-hetero) is 1. The van der Waals surface area contributed by atoms with Gasteiger partial charge in [0.1, 0.15) is 12.5 Å². The standard InChI is InChI=1S/C15H18O3/c1-2-6-14-12(13(16)10-15(17)18-14)9-11-7-4-3-5-8-11/h3-5,7-8,12,14H,2,6,9-10H2,1H3. The van der Waals surface area contributed by atoms with Gasteiger partial charge in [0.25, 0.3) is 0 Å². The molecule has 2 unspecified atom stereocenters. The molecule has 0 aliphatic carbocycles. The van der Waals surface area contributed by atoms with Gasteiger partial charge in [-0.2, -0.15) is 0 Å². The molecule has 1 fully saturated rings. The molecule has 0 radical (unpaired) electrons. The lowest BCUT2D eigenvalue weighted by Gasteiger charge is -2.30. The fourth-order valence-electron chi connectivity index (χ4n) is 2.43. The molecule has 96 valence electrons. The quantitative estimate of drug-likeness (QED) is 0.605. The monoisotopic (exact) mass is 246 g/mol. The summed E-state index contributed by atoms with van der Waals surface area (Å²) in [5, 5.41) is 0. The minimum absolute atomic E-state index is 0.0218. The Balaban J connectivity index is 2.12. The number of rotatable bonds is 4. The first-order valence-corrected chi connectivity index (χ1v) is 6.47. The lowest BCUT2D eigenvalue weighted by molar-refractivity contribution is -0.163. The lowest BCUT2D eigenvalue weighted by Crippen LogP contribution is -2.40. The van der Waals surface area contributed by atoms with Gasteiger partial charge in [0.2, 0.25) is 0 Å². The summed E-state index contributed by atoms with van der Waals surface area (Å²) in [6, 6.07) is 9.89. The first-order valence-electron chi connectivity index (χ1n) is 6.47. The fraction of sp³-hybridized carbons (Fsp3) is 0.467. The van der Waals surface area contributed by atoms with E-state index in [1.165, 1.54) is 0 Å². The Bertz CT molecular complexity index is 425. The number of benzene rings is 1. The van der Waals surface area contributed by atoms with E-state index in [1.54, 1.807) is 0 Å². The molecule has 0 saturated carbocycles. The van der Waals surface area contributed by atoms with Gasteiger partial charge in [-0.1, -0.05) is 43.7 Å². The minimum Gasteiger partial charge on any atom is -0.461 e. The van der Waals surface area contributed by atoms with E-state index in [9.17, 15) is 9.59 Å². The summed E-state index contributed by atoms with van der Waals surface area (Å²) >= 11 is 0. The van der Waals surface area contributed by atoms with E-state index in [1.807, 2.05) is 37.3 Å². The van der Waals surface area contributed by atoms with Crippen LogP contribution in [0.25, 0.3) is 0 Å². The Hall–Kier alpha value is -1.64. The van der Waals surface area contributed by atoms with Gasteiger partial charge in [0, 0.05) is 0 Å². The van der Waals surface area contributed by atoms with E-state index in [-0.39, 0.29) is 30.2 Å². The summed E-state index contributed by atoms with van der Waals surface area (Å²) in [5.41, 5.74) is 1.12. The molecule has 2 atom stereocenters. The third kappa shape index (κ3) is 2.97. The van der Waals surface area contributed by atoms with Crippen molar-refractivity contribution in [2.75, 3.05) is 0 Å². The summed E-state index contributed by atoms with van der Waals surface area (Å²) in [4.78, 5) is 23.3. The van der Waals surface area contributed by atoms with E-state index in [0.717, 1.165) is 18.4 Å². The molecule has 0 amide bonds. The highest BCUT2D eigenvalue weighted by Gasteiger charge is 2.36. The van der Waals surface area contributed by atoms with Gasteiger partial charge in [-0.3, -0.25) is 9.59 Å². The van der Waals surface area contributed by atoms with Crippen LogP contribution in [0.3, 0.4) is 0 Å². The highest BCUT2D eigenvalue weighted by Crippen LogP contribution is 2.25. The topological polar surface area (TPSA) is 43.4 Å². The van der Waals surface area contributed by atoms with Crippen molar-refractivity contribution in [2.24, 2.45) is 5.92 Å². The first-order chi connectivity index (χ1) is 8.70. The molecular formula is C15H18O3. The van der Waals surface area contributed by atoms with E-state index >= 15 is 0 Å². The van der Waals surface area contributed by atoms with Crippen LogP contribution in [0.5, 0.6) is 0 Å². The van der Waals surface area contributed by atoms with Crippen molar-refractivity contribution in [3.8, 4) is 0 Å². The fourth-order valence-corrected chi connectivity index (χ4v) is 2.43. The van der Waals surface area contributed by atoms with Crippen molar-refractivity contribution in [3.63, 3.8) is 0 Å². The normalized spacial score (nSPS) is 23.8. The van der Waals surface area contributed by atoms with Gasteiger partial charge < -0.3 is 4.74 Å². The third-order valence-electron chi connectivity index (χ3n) is 3.34. The second-order valence-corrected chi connectivity index (χ2v) is 4.76. The second kappa shape index (κ2) is 5.80. The van der Waals surface area contributed by atoms with Gasteiger partial charge in [-0.05, 0) is 18.4 Å². The number of hydrogen-bond donors (Lipinski definition) is 0. The Labute approximate surface area is 107 Å². The molecule has 0 bridgehead atoms. The molecule has 3 nitrogen and oxygen atoms in total. The van der Waals surface area contributed by atoms with Crippen LogP contribution in [0.1, 0.15) is 31.7 Å². The summed E-state index contributed by atoms with van der Waals surface area (Å²) in [7, 11) is 0. The van der Waals surface area contributed by atoms with E-state index in [2.05, 4.69) is 0 Å². The van der Waals surface area contributed by atoms with Crippen LogP contribution in [0.4, 0.5) is 0 Å². The molecule has 2 rings (SSSR count). The van der Waals surface area contributed by atoms with Crippen molar-refractivity contribution < 1.29 is 14.3 Å². The SMILES string of the molecule is CCCC1OC(=O)CC(=O)C1Cc1ccccc1. The highest BCUT2D eigenvalue weighted by atomic mass is 16.5. The number of ketones is 1. The molecule has 18 heavy (non-hydrogen) atoms. The van der Waals surface area contributed by atoms with Crippen LogP contribution >= 0.6 is 0 Å². The Morgan fingerprint density at radius 3 is 2.61 bits per heavy atom. The van der Waals surface area contributed by atoms with Gasteiger partial charge >= 0.3 is 5.97 Å². The van der Waals surface area contributed by atoms with Crippen LogP contribution < -0.4 is 0 Å². The van der Waals surface area contributed by atoms with Crippen molar-refractivity contribution in [1.29, 1.82) is 0 Å². The molecule has 1 aliphatic rings. The average molecular weight is 246 g/mol. The molecule has 1 saturated heterocycles. The number of carbonyl (C=O) groups is 2. The molecule has 3 heteroatoms. The van der Waals surface area contributed by atoms with Crippen LogP contribution in [0, 0.1) is 5.92 Å². The zero-order valence-electron chi connectivity index (χ0n) is 10.6. The van der Waals surface area contributed by atoms with Crippen LogP contribution in [0.2, 0.25) is 0 Å². The van der Waals surface area contributed by atoms with Crippen LogP contribution in [0.15, 0.2) is 30.3 Å². The Morgan fingerprint density at radius 2 is 1.94 bits per heavy atom. The van der Waals surface area contributed by atoms with Gasteiger partial charge in [0.05, 0.1) is 5.92 Å². The summed E-state index contributed by atoms with van der Waals surface area (Å²) < 4.78 is 5.32. The summed E-state index contributed by atoms with van der Waals surface area (Å²) in [5.74, 6) is -0.527. The predicted molar refractivity (Wildman–Crippen MR) is 68.0 cm³/mol. The average Bonchev–Trinajstić information content (AvgIpc) is 2.35. The van der Waals surface area contributed by atoms with E-state index < -0.39 is 0 Å². The zero-order chi connectivity index (χ0) is 13.0. The third-order valence-corrected chi connectivity index (χ3v) is 3.34. The number of ether oxygens (including phenoxy) is 1. The minimum atomic E-state index is -0.372. The molecule has 1 heterocycles. The maximum Gasteiger partial charge on any atom is 0.313 e. The number of hydrogen-bond acceptors (Lipinski definition) is 3. The van der Waals surface area contributed by atoms with Crippen molar-refractivity contribution in [3.05, 3.63) is 35.9 Å². The maximum absolute atomic E-state index is 12.0. The van der Waals surface area contributed by atoms with Crippen LogP contribution in [-0.2, 0) is 20.7 Å². The predicted octanol–water partition coefficient (Wildman–Crippen LogP) is 2.53. The molecule has 1 aliphatic heterocycles. The lowest BCUT2D eigenvalue weighted by atomic mass is 9.85. The molecule has 0 spiro atoms. The number of cyclic esters (lactones) is 1. The molecule has 1 aromatic carbocycles. The first kappa shape index (κ1) is 12.8. The highest BCUT2D eigenvalue weighted by molar-refractivity contribution is 5.99. The second-order valence-electron chi connectivity index (χ2n) is 4.76. The van der Waals surface area contributed by atoms with E-state index in [4.69, 9.17) is 4.74 Å². The van der Waals surface area contributed by atoms with Gasteiger partial charge in [-0.15, -0.1) is 0 Å².